The lowest BCUT2D eigenvalue weighted by Gasteiger charge is -2.23. The maximum atomic E-state index is 9.83. The van der Waals surface area contributed by atoms with Crippen LogP contribution >= 0.6 is 11.6 Å². The van der Waals surface area contributed by atoms with Crippen molar-refractivity contribution in [3.8, 4) is 5.75 Å². The molecule has 5 nitrogen and oxygen atoms in total. The summed E-state index contributed by atoms with van der Waals surface area (Å²) in [7, 11) is 0. The molecule has 0 aromatic heterocycles. The lowest BCUT2D eigenvalue weighted by Crippen LogP contribution is -2.38. The van der Waals surface area contributed by atoms with E-state index in [1.165, 1.54) is 0 Å². The zero-order valence-corrected chi connectivity index (χ0v) is 11.5. The fourth-order valence-corrected chi connectivity index (χ4v) is 1.78. The van der Waals surface area contributed by atoms with E-state index in [4.69, 9.17) is 26.6 Å². The van der Waals surface area contributed by atoms with Gasteiger partial charge in [-0.25, -0.2) is 0 Å². The standard InChI is InChI=1S/C13H20ClNO4/c14-11-1-3-13(4-2-11)19-10-12(18)9-15(5-7-16)6-8-17/h1-4,12,16-18H,5-10H2/t12-/m0/s1. The number of rotatable bonds is 9. The molecule has 19 heavy (non-hydrogen) atoms. The molecule has 0 aliphatic heterocycles. The van der Waals surface area contributed by atoms with E-state index in [0.29, 0.717) is 30.4 Å². The fourth-order valence-electron chi connectivity index (χ4n) is 1.65. The first-order valence-corrected chi connectivity index (χ1v) is 6.54. The Balaban J connectivity index is 2.33. The van der Waals surface area contributed by atoms with Crippen LogP contribution < -0.4 is 4.74 Å². The molecule has 0 aliphatic carbocycles. The van der Waals surface area contributed by atoms with Gasteiger partial charge >= 0.3 is 0 Å². The number of ether oxygens (including phenoxy) is 1. The number of aliphatic hydroxyl groups is 3. The highest BCUT2D eigenvalue weighted by Crippen LogP contribution is 2.15. The summed E-state index contributed by atoms with van der Waals surface area (Å²) in [6.07, 6.45) is -0.686. The van der Waals surface area contributed by atoms with E-state index in [0.717, 1.165) is 0 Å². The van der Waals surface area contributed by atoms with E-state index >= 15 is 0 Å². The van der Waals surface area contributed by atoms with Gasteiger partial charge < -0.3 is 20.1 Å². The molecule has 1 atom stereocenters. The van der Waals surface area contributed by atoms with E-state index in [-0.39, 0.29) is 19.8 Å². The van der Waals surface area contributed by atoms with Crippen LogP contribution in [-0.4, -0.2) is 65.8 Å². The van der Waals surface area contributed by atoms with Crippen molar-refractivity contribution >= 4 is 11.6 Å². The van der Waals surface area contributed by atoms with Crippen molar-refractivity contribution in [3.05, 3.63) is 29.3 Å². The maximum Gasteiger partial charge on any atom is 0.119 e. The molecule has 0 amide bonds. The van der Waals surface area contributed by atoms with Gasteiger partial charge in [-0.3, -0.25) is 4.90 Å². The van der Waals surface area contributed by atoms with Gasteiger partial charge in [-0.15, -0.1) is 0 Å². The topological polar surface area (TPSA) is 73.2 Å². The van der Waals surface area contributed by atoms with E-state index in [9.17, 15) is 5.11 Å². The van der Waals surface area contributed by atoms with E-state index in [1.54, 1.807) is 29.2 Å². The van der Waals surface area contributed by atoms with Gasteiger partial charge in [0.2, 0.25) is 0 Å². The number of nitrogens with zero attached hydrogens (tertiary/aromatic N) is 1. The maximum absolute atomic E-state index is 9.83. The molecule has 1 aromatic carbocycles. The average molecular weight is 290 g/mol. The van der Waals surface area contributed by atoms with Gasteiger partial charge in [0.1, 0.15) is 18.5 Å². The van der Waals surface area contributed by atoms with Crippen molar-refractivity contribution in [1.29, 1.82) is 0 Å². The van der Waals surface area contributed by atoms with Gasteiger partial charge in [-0.2, -0.15) is 0 Å². The Kier molecular flexibility index (Phi) is 7.78. The predicted molar refractivity (Wildman–Crippen MR) is 73.6 cm³/mol. The fraction of sp³-hybridized carbons (Fsp3) is 0.538. The Morgan fingerprint density at radius 3 is 2.21 bits per heavy atom. The normalized spacial score (nSPS) is 12.7. The molecule has 0 saturated heterocycles. The summed E-state index contributed by atoms with van der Waals surface area (Å²) in [6, 6.07) is 6.89. The minimum absolute atomic E-state index is 0.00917. The summed E-state index contributed by atoms with van der Waals surface area (Å²) >= 11 is 5.75. The summed E-state index contributed by atoms with van der Waals surface area (Å²) in [5.74, 6) is 0.638. The van der Waals surface area contributed by atoms with Gasteiger partial charge in [0.25, 0.3) is 0 Å². The molecule has 6 heteroatoms. The highest BCUT2D eigenvalue weighted by molar-refractivity contribution is 6.30. The average Bonchev–Trinajstić information content (AvgIpc) is 2.39. The van der Waals surface area contributed by atoms with Gasteiger partial charge in [0.05, 0.1) is 13.2 Å². The van der Waals surface area contributed by atoms with Crippen molar-refractivity contribution < 1.29 is 20.1 Å². The van der Waals surface area contributed by atoms with Crippen LogP contribution in [0.3, 0.4) is 0 Å². The van der Waals surface area contributed by atoms with Crippen LogP contribution in [0.25, 0.3) is 0 Å². The molecular formula is C13H20ClNO4. The highest BCUT2D eigenvalue weighted by atomic mass is 35.5. The quantitative estimate of drug-likeness (QED) is 0.612. The minimum Gasteiger partial charge on any atom is -0.491 e. The van der Waals surface area contributed by atoms with Crippen LogP contribution in [0, 0.1) is 0 Å². The molecule has 0 saturated carbocycles. The van der Waals surface area contributed by atoms with Crippen molar-refractivity contribution in [2.45, 2.75) is 6.10 Å². The lowest BCUT2D eigenvalue weighted by molar-refractivity contribution is 0.0552. The largest absolute Gasteiger partial charge is 0.491 e. The Morgan fingerprint density at radius 1 is 1.11 bits per heavy atom. The summed E-state index contributed by atoms with van der Waals surface area (Å²) in [5, 5.41) is 28.2. The van der Waals surface area contributed by atoms with Gasteiger partial charge in [0.15, 0.2) is 0 Å². The SMILES string of the molecule is OCCN(CCO)C[C@H](O)COc1ccc(Cl)cc1. The Hall–Kier alpha value is -0.850. The molecule has 0 unspecified atom stereocenters. The summed E-state index contributed by atoms with van der Waals surface area (Å²) in [6.45, 7) is 1.30. The zero-order chi connectivity index (χ0) is 14.1. The van der Waals surface area contributed by atoms with Crippen molar-refractivity contribution in [3.63, 3.8) is 0 Å². The molecule has 1 rings (SSSR count). The van der Waals surface area contributed by atoms with Crippen LogP contribution in [0.4, 0.5) is 0 Å². The monoisotopic (exact) mass is 289 g/mol. The Labute approximate surface area is 118 Å². The predicted octanol–water partition coefficient (Wildman–Crippen LogP) is 0.366. The summed E-state index contributed by atoms with van der Waals surface area (Å²) in [5.41, 5.74) is 0. The van der Waals surface area contributed by atoms with Crippen molar-refractivity contribution in [1.82, 2.24) is 4.90 Å². The third-order valence-electron chi connectivity index (χ3n) is 2.56. The van der Waals surface area contributed by atoms with E-state index in [1.807, 2.05) is 0 Å². The smallest absolute Gasteiger partial charge is 0.119 e. The third kappa shape index (κ3) is 6.75. The molecular weight excluding hydrogens is 270 g/mol. The second-order valence-electron chi connectivity index (χ2n) is 4.17. The first kappa shape index (κ1) is 16.2. The van der Waals surface area contributed by atoms with E-state index < -0.39 is 6.10 Å². The van der Waals surface area contributed by atoms with Crippen LogP contribution in [-0.2, 0) is 0 Å². The van der Waals surface area contributed by atoms with Gasteiger partial charge in [-0.05, 0) is 24.3 Å². The first-order valence-electron chi connectivity index (χ1n) is 6.16. The van der Waals surface area contributed by atoms with Crippen LogP contribution in [0.1, 0.15) is 0 Å². The molecule has 0 aliphatic rings. The number of hydrogen-bond donors (Lipinski definition) is 3. The van der Waals surface area contributed by atoms with Crippen LogP contribution in [0.2, 0.25) is 5.02 Å². The first-order chi connectivity index (χ1) is 9.15. The lowest BCUT2D eigenvalue weighted by atomic mass is 10.3. The van der Waals surface area contributed by atoms with Crippen molar-refractivity contribution in [2.75, 3.05) is 39.5 Å². The molecule has 0 heterocycles. The molecule has 0 fully saturated rings. The molecule has 0 bridgehead atoms. The molecule has 108 valence electrons. The Morgan fingerprint density at radius 2 is 1.68 bits per heavy atom. The van der Waals surface area contributed by atoms with Gasteiger partial charge in [0, 0.05) is 24.7 Å². The second-order valence-corrected chi connectivity index (χ2v) is 4.60. The van der Waals surface area contributed by atoms with Gasteiger partial charge in [-0.1, -0.05) is 11.6 Å². The second kappa shape index (κ2) is 9.12. The summed E-state index contributed by atoms with van der Waals surface area (Å²) in [4.78, 5) is 1.77. The molecule has 1 aromatic rings. The minimum atomic E-state index is -0.686. The highest BCUT2D eigenvalue weighted by Gasteiger charge is 2.11. The van der Waals surface area contributed by atoms with Crippen LogP contribution in [0.15, 0.2) is 24.3 Å². The third-order valence-corrected chi connectivity index (χ3v) is 2.81. The van der Waals surface area contributed by atoms with E-state index in [2.05, 4.69) is 0 Å². The van der Waals surface area contributed by atoms with Crippen LogP contribution in [0.5, 0.6) is 5.75 Å². The van der Waals surface area contributed by atoms with Crippen molar-refractivity contribution in [2.24, 2.45) is 0 Å². The molecule has 3 N–H and O–H groups in total. The Bertz CT molecular complexity index is 341. The number of hydrogen-bond acceptors (Lipinski definition) is 5. The number of aliphatic hydroxyl groups excluding tert-OH is 3. The zero-order valence-electron chi connectivity index (χ0n) is 10.7. The number of benzene rings is 1. The molecule has 0 radical (unpaired) electrons. The summed E-state index contributed by atoms with van der Waals surface area (Å²) < 4.78 is 5.42. The molecule has 0 spiro atoms. The number of halogens is 1.